The van der Waals surface area contributed by atoms with Crippen LogP contribution in [0.5, 0.6) is 0 Å². The molecule has 20 heavy (non-hydrogen) atoms. The molecule has 2 aromatic rings. The van der Waals surface area contributed by atoms with E-state index in [-0.39, 0.29) is 11.2 Å². The first kappa shape index (κ1) is 14.5. The van der Waals surface area contributed by atoms with Crippen LogP contribution in [-0.4, -0.2) is 12.3 Å². The van der Waals surface area contributed by atoms with Crippen LogP contribution < -0.4 is 5.73 Å². The van der Waals surface area contributed by atoms with Gasteiger partial charge in [-0.25, -0.2) is 0 Å². The van der Waals surface area contributed by atoms with Crippen LogP contribution in [0.15, 0.2) is 48.5 Å². The number of ketones is 1. The van der Waals surface area contributed by atoms with Crippen LogP contribution in [0.1, 0.15) is 40.9 Å². The standard InChI is InChI=1S/C18H21NO/c1-13-6-4-7-14(10-13)17(20)15-8-5-9-16(11-15)18(2,3)12-19/h4-11H,12,19H2,1-3H3. The van der Waals surface area contributed by atoms with Gasteiger partial charge in [0.1, 0.15) is 0 Å². The number of carbonyl (C=O) groups excluding carboxylic acids is 1. The number of nitrogens with two attached hydrogens (primary N) is 1. The summed E-state index contributed by atoms with van der Waals surface area (Å²) >= 11 is 0. The molecule has 0 fully saturated rings. The quantitative estimate of drug-likeness (QED) is 0.862. The Hall–Kier alpha value is -1.93. The van der Waals surface area contributed by atoms with Gasteiger partial charge in [0.15, 0.2) is 5.78 Å². The largest absolute Gasteiger partial charge is 0.330 e. The van der Waals surface area contributed by atoms with Crippen molar-refractivity contribution in [3.05, 3.63) is 70.8 Å². The van der Waals surface area contributed by atoms with Crippen molar-refractivity contribution in [2.45, 2.75) is 26.2 Å². The van der Waals surface area contributed by atoms with Crippen LogP contribution >= 0.6 is 0 Å². The molecule has 0 saturated carbocycles. The van der Waals surface area contributed by atoms with Gasteiger partial charge in [-0.3, -0.25) is 4.79 Å². The van der Waals surface area contributed by atoms with Crippen molar-refractivity contribution in [1.29, 1.82) is 0 Å². The molecular weight excluding hydrogens is 246 g/mol. The highest BCUT2D eigenvalue weighted by Gasteiger charge is 2.20. The van der Waals surface area contributed by atoms with Gasteiger partial charge in [0.2, 0.25) is 0 Å². The third kappa shape index (κ3) is 2.97. The number of carbonyl (C=O) groups is 1. The summed E-state index contributed by atoms with van der Waals surface area (Å²) < 4.78 is 0. The molecule has 0 heterocycles. The van der Waals surface area contributed by atoms with Crippen molar-refractivity contribution < 1.29 is 4.79 Å². The molecule has 2 aromatic carbocycles. The number of hydrogen-bond acceptors (Lipinski definition) is 2. The van der Waals surface area contributed by atoms with Crippen LogP contribution in [0.3, 0.4) is 0 Å². The number of hydrogen-bond donors (Lipinski definition) is 1. The lowest BCUT2D eigenvalue weighted by Crippen LogP contribution is -2.28. The smallest absolute Gasteiger partial charge is 0.193 e. The van der Waals surface area contributed by atoms with Crippen molar-refractivity contribution in [1.82, 2.24) is 0 Å². The molecule has 0 radical (unpaired) electrons. The van der Waals surface area contributed by atoms with E-state index in [1.807, 2.05) is 55.5 Å². The van der Waals surface area contributed by atoms with Crippen molar-refractivity contribution >= 4 is 5.78 Å². The van der Waals surface area contributed by atoms with Gasteiger partial charge in [0.05, 0.1) is 0 Å². The van der Waals surface area contributed by atoms with E-state index < -0.39 is 0 Å². The maximum Gasteiger partial charge on any atom is 0.193 e. The highest BCUT2D eigenvalue weighted by molar-refractivity contribution is 6.09. The van der Waals surface area contributed by atoms with Crippen LogP contribution in [0.25, 0.3) is 0 Å². The Balaban J connectivity index is 2.39. The highest BCUT2D eigenvalue weighted by atomic mass is 16.1. The Morgan fingerprint density at radius 2 is 1.65 bits per heavy atom. The molecule has 104 valence electrons. The second kappa shape index (κ2) is 5.59. The minimum atomic E-state index is -0.122. The van der Waals surface area contributed by atoms with E-state index in [4.69, 9.17) is 5.73 Å². The van der Waals surface area contributed by atoms with E-state index in [0.29, 0.717) is 6.54 Å². The summed E-state index contributed by atoms with van der Waals surface area (Å²) in [5, 5.41) is 0. The van der Waals surface area contributed by atoms with Gasteiger partial charge in [-0.05, 0) is 24.6 Å². The lowest BCUT2D eigenvalue weighted by Gasteiger charge is -2.23. The normalized spacial score (nSPS) is 11.4. The molecule has 2 nitrogen and oxygen atoms in total. The minimum absolute atomic E-state index is 0.0587. The lowest BCUT2D eigenvalue weighted by atomic mass is 9.83. The third-order valence-electron chi connectivity index (χ3n) is 3.70. The Morgan fingerprint density at radius 1 is 1.05 bits per heavy atom. The van der Waals surface area contributed by atoms with Gasteiger partial charge < -0.3 is 5.73 Å². The second-order valence-electron chi connectivity index (χ2n) is 5.87. The molecule has 2 heteroatoms. The van der Waals surface area contributed by atoms with E-state index in [9.17, 15) is 4.79 Å². The fraction of sp³-hybridized carbons (Fsp3) is 0.278. The van der Waals surface area contributed by atoms with Gasteiger partial charge in [-0.1, -0.05) is 55.8 Å². The Kier molecular flexibility index (Phi) is 4.05. The van der Waals surface area contributed by atoms with E-state index in [1.165, 1.54) is 0 Å². The molecule has 2 rings (SSSR count). The summed E-state index contributed by atoms with van der Waals surface area (Å²) in [6.45, 7) is 6.71. The Labute approximate surface area is 120 Å². The van der Waals surface area contributed by atoms with E-state index in [2.05, 4.69) is 13.8 Å². The van der Waals surface area contributed by atoms with E-state index >= 15 is 0 Å². The number of rotatable bonds is 4. The zero-order valence-electron chi connectivity index (χ0n) is 12.3. The monoisotopic (exact) mass is 267 g/mol. The SMILES string of the molecule is Cc1cccc(C(=O)c2cccc(C(C)(C)CN)c2)c1. The summed E-state index contributed by atoms with van der Waals surface area (Å²) in [5.74, 6) is 0.0587. The fourth-order valence-electron chi connectivity index (χ4n) is 2.15. The van der Waals surface area contributed by atoms with Crippen molar-refractivity contribution in [3.63, 3.8) is 0 Å². The van der Waals surface area contributed by atoms with Gasteiger partial charge in [-0.15, -0.1) is 0 Å². The Morgan fingerprint density at radius 3 is 2.25 bits per heavy atom. The van der Waals surface area contributed by atoms with E-state index in [0.717, 1.165) is 22.3 Å². The fourth-order valence-corrected chi connectivity index (χ4v) is 2.15. The van der Waals surface area contributed by atoms with Gasteiger partial charge in [0.25, 0.3) is 0 Å². The molecule has 0 aromatic heterocycles. The Bertz CT molecular complexity index is 629. The zero-order valence-corrected chi connectivity index (χ0v) is 12.3. The van der Waals surface area contributed by atoms with Crippen molar-refractivity contribution in [2.24, 2.45) is 5.73 Å². The summed E-state index contributed by atoms with van der Waals surface area (Å²) in [7, 11) is 0. The van der Waals surface area contributed by atoms with E-state index in [1.54, 1.807) is 0 Å². The predicted molar refractivity (Wildman–Crippen MR) is 83.1 cm³/mol. The summed E-state index contributed by atoms with van der Waals surface area (Å²) in [6.07, 6.45) is 0. The zero-order chi connectivity index (χ0) is 14.8. The molecule has 0 unspecified atom stereocenters. The molecule has 2 N–H and O–H groups in total. The maximum absolute atomic E-state index is 12.5. The molecule has 0 bridgehead atoms. The number of aryl methyl sites for hydroxylation is 1. The predicted octanol–water partition coefficient (Wildman–Crippen LogP) is 3.46. The lowest BCUT2D eigenvalue weighted by molar-refractivity contribution is 0.103. The topological polar surface area (TPSA) is 43.1 Å². The molecule has 0 atom stereocenters. The maximum atomic E-state index is 12.5. The number of benzene rings is 2. The first-order valence-electron chi connectivity index (χ1n) is 6.86. The molecule has 0 aliphatic heterocycles. The third-order valence-corrected chi connectivity index (χ3v) is 3.70. The van der Waals surface area contributed by atoms with Crippen LogP contribution in [0, 0.1) is 6.92 Å². The average Bonchev–Trinajstić information content (AvgIpc) is 2.46. The van der Waals surface area contributed by atoms with Gasteiger partial charge in [0, 0.05) is 23.1 Å². The van der Waals surface area contributed by atoms with Crippen molar-refractivity contribution in [3.8, 4) is 0 Å². The summed E-state index contributed by atoms with van der Waals surface area (Å²) in [6, 6.07) is 15.5. The molecule has 0 amide bonds. The molecular formula is C18H21NO. The van der Waals surface area contributed by atoms with Crippen LogP contribution in [0.2, 0.25) is 0 Å². The van der Waals surface area contributed by atoms with Crippen LogP contribution in [-0.2, 0) is 5.41 Å². The molecule has 0 aliphatic carbocycles. The first-order valence-corrected chi connectivity index (χ1v) is 6.86. The van der Waals surface area contributed by atoms with Gasteiger partial charge >= 0.3 is 0 Å². The highest BCUT2D eigenvalue weighted by Crippen LogP contribution is 2.23. The first-order chi connectivity index (χ1) is 9.44. The minimum Gasteiger partial charge on any atom is -0.330 e. The summed E-state index contributed by atoms with van der Waals surface area (Å²) in [5.41, 5.74) is 9.32. The molecule has 0 aliphatic rings. The van der Waals surface area contributed by atoms with Gasteiger partial charge in [-0.2, -0.15) is 0 Å². The second-order valence-corrected chi connectivity index (χ2v) is 5.87. The molecule has 0 spiro atoms. The van der Waals surface area contributed by atoms with Crippen LogP contribution in [0.4, 0.5) is 0 Å². The van der Waals surface area contributed by atoms with Crippen molar-refractivity contribution in [2.75, 3.05) is 6.54 Å². The average molecular weight is 267 g/mol. The molecule has 0 saturated heterocycles. The summed E-state index contributed by atoms with van der Waals surface area (Å²) in [4.78, 5) is 12.5.